The number of carbonyl (C=O) groups excluding carboxylic acids is 1. The fourth-order valence-electron chi connectivity index (χ4n) is 4.40. The van der Waals surface area contributed by atoms with Crippen LogP contribution in [0.4, 0.5) is 4.39 Å². The van der Waals surface area contributed by atoms with Crippen LogP contribution in [0.15, 0.2) is 24.3 Å². The molecule has 25 heavy (non-hydrogen) atoms. The van der Waals surface area contributed by atoms with Gasteiger partial charge in [-0.25, -0.2) is 4.39 Å². The number of ether oxygens (including phenoxy) is 2. The number of halogens is 1. The van der Waals surface area contributed by atoms with Crippen LogP contribution in [0.2, 0.25) is 0 Å². The predicted molar refractivity (Wildman–Crippen MR) is 90.5 cm³/mol. The van der Waals surface area contributed by atoms with Gasteiger partial charge in [0.05, 0.1) is 24.7 Å². The average molecular weight is 348 g/mol. The molecule has 3 heterocycles. The Morgan fingerprint density at radius 2 is 1.92 bits per heavy atom. The van der Waals surface area contributed by atoms with Crippen LogP contribution in [0.1, 0.15) is 18.4 Å². The first-order valence-electron chi connectivity index (χ1n) is 9.13. The molecule has 0 unspecified atom stereocenters. The summed E-state index contributed by atoms with van der Waals surface area (Å²) in [6.45, 7) is 5.59. The zero-order valence-electron chi connectivity index (χ0n) is 14.5. The van der Waals surface area contributed by atoms with Crippen molar-refractivity contribution in [2.45, 2.75) is 25.5 Å². The molecule has 3 fully saturated rings. The third kappa shape index (κ3) is 3.30. The molecule has 0 radical (unpaired) electrons. The summed E-state index contributed by atoms with van der Waals surface area (Å²) in [5.41, 5.74) is 0.642. The first-order valence-corrected chi connectivity index (χ1v) is 9.13. The number of hydrogen-bond acceptors (Lipinski definition) is 4. The molecule has 1 amide bonds. The van der Waals surface area contributed by atoms with E-state index in [9.17, 15) is 9.18 Å². The maximum absolute atomic E-state index is 13.3. The number of amides is 1. The van der Waals surface area contributed by atoms with Gasteiger partial charge >= 0.3 is 0 Å². The van der Waals surface area contributed by atoms with Crippen LogP contribution in [0.3, 0.4) is 0 Å². The Kier molecular flexibility index (Phi) is 4.75. The molecule has 0 aromatic heterocycles. The first-order chi connectivity index (χ1) is 12.2. The summed E-state index contributed by atoms with van der Waals surface area (Å²) in [7, 11) is 0. The van der Waals surface area contributed by atoms with Crippen LogP contribution in [0.5, 0.6) is 0 Å². The number of morpholine rings is 1. The van der Waals surface area contributed by atoms with E-state index in [0.717, 1.165) is 31.5 Å². The molecule has 0 N–H and O–H groups in total. The lowest BCUT2D eigenvalue weighted by Crippen LogP contribution is -2.59. The Hall–Kier alpha value is -1.50. The molecular weight excluding hydrogens is 323 g/mol. The Labute approximate surface area is 147 Å². The summed E-state index contributed by atoms with van der Waals surface area (Å²) >= 11 is 0. The van der Waals surface area contributed by atoms with Gasteiger partial charge in [-0.15, -0.1) is 0 Å². The molecule has 0 spiro atoms. The van der Waals surface area contributed by atoms with Gasteiger partial charge in [0.25, 0.3) is 0 Å². The van der Waals surface area contributed by atoms with Crippen LogP contribution >= 0.6 is 0 Å². The van der Waals surface area contributed by atoms with Crippen molar-refractivity contribution in [3.05, 3.63) is 35.6 Å². The third-order valence-corrected chi connectivity index (χ3v) is 5.74. The lowest BCUT2D eigenvalue weighted by Gasteiger charge is -2.45. The SMILES string of the molecule is O=C(N1CCOCC1)[C@@]12CCO[C@@H]1CCN(Cc1ccc(F)cc1)C2. The van der Waals surface area contributed by atoms with Crippen LogP contribution in [-0.2, 0) is 20.8 Å². The van der Waals surface area contributed by atoms with E-state index in [4.69, 9.17) is 9.47 Å². The van der Waals surface area contributed by atoms with E-state index >= 15 is 0 Å². The quantitative estimate of drug-likeness (QED) is 0.833. The van der Waals surface area contributed by atoms with Gasteiger partial charge in [-0.05, 0) is 30.5 Å². The zero-order valence-corrected chi connectivity index (χ0v) is 14.5. The predicted octanol–water partition coefficient (Wildman–Crippen LogP) is 1.67. The van der Waals surface area contributed by atoms with E-state index in [1.165, 1.54) is 12.1 Å². The van der Waals surface area contributed by atoms with Gasteiger partial charge in [-0.3, -0.25) is 9.69 Å². The van der Waals surface area contributed by atoms with Crippen LogP contribution in [0, 0.1) is 11.2 Å². The molecule has 0 saturated carbocycles. The normalized spacial score (nSPS) is 30.3. The van der Waals surface area contributed by atoms with Crippen molar-refractivity contribution in [1.82, 2.24) is 9.80 Å². The number of benzene rings is 1. The first kappa shape index (κ1) is 16.9. The minimum absolute atomic E-state index is 0.0207. The van der Waals surface area contributed by atoms with Gasteiger partial charge in [0.15, 0.2) is 0 Å². The van der Waals surface area contributed by atoms with Crippen LogP contribution in [-0.4, -0.2) is 67.8 Å². The number of piperidine rings is 1. The maximum atomic E-state index is 13.3. The van der Waals surface area contributed by atoms with Gasteiger partial charge in [0.2, 0.25) is 5.91 Å². The number of nitrogens with zero attached hydrogens (tertiary/aromatic N) is 2. The number of fused-ring (bicyclic) bond motifs is 1. The highest BCUT2D eigenvalue weighted by Crippen LogP contribution is 2.42. The van der Waals surface area contributed by atoms with E-state index < -0.39 is 5.41 Å². The molecule has 1 aromatic rings. The number of likely N-dealkylation sites (tertiary alicyclic amines) is 1. The Bertz CT molecular complexity index is 618. The summed E-state index contributed by atoms with van der Waals surface area (Å²) in [6, 6.07) is 6.64. The highest BCUT2D eigenvalue weighted by molar-refractivity contribution is 5.84. The number of rotatable bonds is 3. The molecular formula is C19H25FN2O3. The summed E-state index contributed by atoms with van der Waals surface area (Å²) < 4.78 is 24.4. The number of carbonyl (C=O) groups is 1. The van der Waals surface area contributed by atoms with Gasteiger partial charge < -0.3 is 14.4 Å². The van der Waals surface area contributed by atoms with Crippen molar-refractivity contribution < 1.29 is 18.7 Å². The smallest absolute Gasteiger partial charge is 0.232 e. The largest absolute Gasteiger partial charge is 0.378 e. The fraction of sp³-hybridized carbons (Fsp3) is 0.632. The van der Waals surface area contributed by atoms with Crippen molar-refractivity contribution >= 4 is 5.91 Å². The molecule has 1 aromatic carbocycles. The average Bonchev–Trinajstić information content (AvgIpc) is 3.08. The van der Waals surface area contributed by atoms with Crippen molar-refractivity contribution in [3.63, 3.8) is 0 Å². The zero-order chi connectivity index (χ0) is 17.3. The van der Waals surface area contributed by atoms with E-state index in [2.05, 4.69) is 4.90 Å². The van der Waals surface area contributed by atoms with Crippen molar-refractivity contribution in [3.8, 4) is 0 Å². The third-order valence-electron chi connectivity index (χ3n) is 5.74. The monoisotopic (exact) mass is 348 g/mol. The maximum Gasteiger partial charge on any atom is 0.232 e. The minimum Gasteiger partial charge on any atom is -0.378 e. The lowest BCUT2D eigenvalue weighted by atomic mass is 9.75. The van der Waals surface area contributed by atoms with Crippen molar-refractivity contribution in [2.24, 2.45) is 5.41 Å². The summed E-state index contributed by atoms with van der Waals surface area (Å²) in [6.07, 6.45) is 1.68. The summed E-state index contributed by atoms with van der Waals surface area (Å²) in [5.74, 6) is 0.00715. The second-order valence-electron chi connectivity index (χ2n) is 7.30. The Balaban J connectivity index is 1.50. The highest BCUT2D eigenvalue weighted by Gasteiger charge is 2.54. The molecule has 3 saturated heterocycles. The molecule has 4 rings (SSSR count). The minimum atomic E-state index is -0.435. The van der Waals surface area contributed by atoms with Crippen molar-refractivity contribution in [2.75, 3.05) is 46.0 Å². The second-order valence-corrected chi connectivity index (χ2v) is 7.30. The molecule has 2 atom stereocenters. The lowest BCUT2D eigenvalue weighted by molar-refractivity contribution is -0.154. The molecule has 0 aliphatic carbocycles. The van der Waals surface area contributed by atoms with Gasteiger partial charge in [0, 0.05) is 39.3 Å². The summed E-state index contributed by atoms with van der Waals surface area (Å²) in [4.78, 5) is 17.6. The Morgan fingerprint density at radius 3 is 2.68 bits per heavy atom. The van der Waals surface area contributed by atoms with Gasteiger partial charge in [-0.1, -0.05) is 12.1 Å². The van der Waals surface area contributed by atoms with Crippen LogP contribution < -0.4 is 0 Å². The van der Waals surface area contributed by atoms with E-state index in [1.54, 1.807) is 0 Å². The molecule has 6 heteroatoms. The van der Waals surface area contributed by atoms with E-state index in [1.807, 2.05) is 17.0 Å². The standard InChI is InChI=1S/C19H25FN2O3/c20-16-3-1-15(2-4-16)13-21-7-5-17-19(14-21,6-10-25-17)18(23)22-8-11-24-12-9-22/h1-4,17H,5-14H2/t17-,19-/m1/s1. The Morgan fingerprint density at radius 1 is 1.16 bits per heavy atom. The van der Waals surface area contributed by atoms with Crippen LogP contribution in [0.25, 0.3) is 0 Å². The van der Waals surface area contributed by atoms with E-state index in [-0.39, 0.29) is 17.8 Å². The van der Waals surface area contributed by atoms with Gasteiger partial charge in [-0.2, -0.15) is 0 Å². The highest BCUT2D eigenvalue weighted by atomic mass is 19.1. The van der Waals surface area contributed by atoms with Gasteiger partial charge in [0.1, 0.15) is 5.82 Å². The van der Waals surface area contributed by atoms with Crippen molar-refractivity contribution in [1.29, 1.82) is 0 Å². The topological polar surface area (TPSA) is 42.0 Å². The molecule has 3 aliphatic rings. The summed E-state index contributed by atoms with van der Waals surface area (Å²) in [5, 5.41) is 0. The molecule has 3 aliphatic heterocycles. The number of hydrogen-bond donors (Lipinski definition) is 0. The second kappa shape index (κ2) is 7.02. The van der Waals surface area contributed by atoms with E-state index in [0.29, 0.717) is 39.5 Å². The molecule has 136 valence electrons. The molecule has 5 nitrogen and oxygen atoms in total. The fourth-order valence-corrected chi connectivity index (χ4v) is 4.40. The molecule has 0 bridgehead atoms.